The monoisotopic (exact) mass is 318 g/mol. The number of hydrogen-bond acceptors (Lipinski definition) is 3. The fourth-order valence-corrected chi connectivity index (χ4v) is 3.44. The van der Waals surface area contributed by atoms with Gasteiger partial charge in [-0.3, -0.25) is 4.79 Å². The van der Waals surface area contributed by atoms with E-state index >= 15 is 0 Å². The molecule has 3 nitrogen and oxygen atoms in total. The van der Waals surface area contributed by atoms with Crippen LogP contribution < -0.4 is 5.56 Å². The Hall–Kier alpha value is -2.72. The molecule has 0 bridgehead atoms. The van der Waals surface area contributed by atoms with Crippen LogP contribution in [-0.4, -0.2) is 9.97 Å². The van der Waals surface area contributed by atoms with Crippen LogP contribution in [0.4, 0.5) is 0 Å². The number of thiophene rings is 1. The van der Waals surface area contributed by atoms with Crippen LogP contribution >= 0.6 is 11.3 Å². The highest BCUT2D eigenvalue weighted by atomic mass is 32.1. The van der Waals surface area contributed by atoms with Gasteiger partial charge in [-0.25, -0.2) is 4.98 Å². The van der Waals surface area contributed by atoms with Crippen molar-refractivity contribution < 1.29 is 0 Å². The van der Waals surface area contributed by atoms with Crippen molar-refractivity contribution in [3.8, 4) is 21.8 Å². The third kappa shape index (κ3) is 2.58. The maximum atomic E-state index is 12.5. The molecule has 0 atom stereocenters. The summed E-state index contributed by atoms with van der Waals surface area (Å²) in [6.07, 6.45) is 0. The average Bonchev–Trinajstić information content (AvgIpc) is 3.02. The summed E-state index contributed by atoms with van der Waals surface area (Å²) in [4.78, 5) is 22.2. The summed E-state index contributed by atoms with van der Waals surface area (Å²) in [6.45, 7) is 2.04. The van der Waals surface area contributed by atoms with E-state index in [1.54, 1.807) is 11.3 Å². The fraction of sp³-hybridized carbons (Fsp3) is 0.0526. The van der Waals surface area contributed by atoms with Gasteiger partial charge in [0.2, 0.25) is 0 Å². The summed E-state index contributed by atoms with van der Waals surface area (Å²) >= 11 is 1.63. The zero-order valence-electron chi connectivity index (χ0n) is 12.5. The van der Waals surface area contributed by atoms with Gasteiger partial charge in [-0.2, -0.15) is 0 Å². The normalized spacial score (nSPS) is 11.0. The van der Waals surface area contributed by atoms with Gasteiger partial charge in [0.05, 0.1) is 15.8 Å². The molecule has 112 valence electrons. The lowest BCUT2D eigenvalue weighted by Gasteiger charge is -2.05. The van der Waals surface area contributed by atoms with Crippen LogP contribution in [0.5, 0.6) is 0 Å². The van der Waals surface area contributed by atoms with Crippen LogP contribution in [0.2, 0.25) is 0 Å². The van der Waals surface area contributed by atoms with Crippen molar-refractivity contribution in [3.63, 3.8) is 0 Å². The first-order valence-electron chi connectivity index (χ1n) is 7.37. The minimum Gasteiger partial charge on any atom is -0.305 e. The molecule has 0 aliphatic rings. The lowest BCUT2D eigenvalue weighted by atomic mass is 10.0. The van der Waals surface area contributed by atoms with Gasteiger partial charge in [0, 0.05) is 4.88 Å². The zero-order chi connectivity index (χ0) is 15.8. The number of nitrogens with zero attached hydrogens (tertiary/aromatic N) is 1. The molecule has 0 spiro atoms. The van der Waals surface area contributed by atoms with Gasteiger partial charge in [0.15, 0.2) is 5.82 Å². The van der Waals surface area contributed by atoms with E-state index in [1.165, 1.54) is 4.88 Å². The van der Waals surface area contributed by atoms with Crippen LogP contribution in [-0.2, 0) is 0 Å². The summed E-state index contributed by atoms with van der Waals surface area (Å²) < 4.78 is 0. The summed E-state index contributed by atoms with van der Waals surface area (Å²) in [7, 11) is 0. The number of aromatic nitrogens is 2. The Kier molecular flexibility index (Phi) is 3.32. The second kappa shape index (κ2) is 5.48. The topological polar surface area (TPSA) is 45.8 Å². The zero-order valence-corrected chi connectivity index (χ0v) is 13.4. The molecule has 23 heavy (non-hydrogen) atoms. The first kappa shape index (κ1) is 13.9. The highest BCUT2D eigenvalue weighted by Gasteiger charge is 2.09. The molecular formula is C19H14N2OS. The van der Waals surface area contributed by atoms with Gasteiger partial charge < -0.3 is 4.98 Å². The number of nitrogens with one attached hydrogen (secondary N) is 1. The second-order valence-electron chi connectivity index (χ2n) is 5.42. The van der Waals surface area contributed by atoms with E-state index < -0.39 is 0 Å². The number of aryl methyl sites for hydroxylation is 1. The van der Waals surface area contributed by atoms with Gasteiger partial charge in [0.25, 0.3) is 5.56 Å². The van der Waals surface area contributed by atoms with Crippen molar-refractivity contribution in [1.82, 2.24) is 9.97 Å². The van der Waals surface area contributed by atoms with Crippen molar-refractivity contribution in [2.75, 3.05) is 0 Å². The van der Waals surface area contributed by atoms with Gasteiger partial charge in [0.1, 0.15) is 0 Å². The van der Waals surface area contributed by atoms with Gasteiger partial charge >= 0.3 is 0 Å². The van der Waals surface area contributed by atoms with Gasteiger partial charge in [-0.05, 0) is 42.3 Å². The van der Waals surface area contributed by atoms with E-state index in [9.17, 15) is 4.79 Å². The standard InChI is InChI=1S/C19H14N2OS/c1-12-7-10-17(23-12)18-20-16-9-8-14(11-15(16)19(22)21-18)13-5-3-2-4-6-13/h2-11H,1H3,(H,20,21,22). The molecule has 0 radical (unpaired) electrons. The molecule has 4 rings (SSSR count). The van der Waals surface area contributed by atoms with E-state index in [0.29, 0.717) is 11.2 Å². The Bertz CT molecular complexity index is 1050. The minimum absolute atomic E-state index is 0.103. The highest BCUT2D eigenvalue weighted by molar-refractivity contribution is 7.15. The number of aromatic amines is 1. The van der Waals surface area contributed by atoms with Crippen molar-refractivity contribution in [2.24, 2.45) is 0 Å². The number of fused-ring (bicyclic) bond motifs is 1. The summed E-state index contributed by atoms with van der Waals surface area (Å²) in [5.74, 6) is 0.632. The van der Waals surface area contributed by atoms with E-state index in [2.05, 4.69) is 9.97 Å². The quantitative estimate of drug-likeness (QED) is 0.586. The molecule has 0 saturated heterocycles. The van der Waals surface area contributed by atoms with E-state index in [-0.39, 0.29) is 5.56 Å². The molecule has 2 aromatic heterocycles. The fourth-order valence-electron chi connectivity index (χ4n) is 2.63. The molecule has 0 aliphatic carbocycles. The molecule has 2 aromatic carbocycles. The average molecular weight is 318 g/mol. The summed E-state index contributed by atoms with van der Waals surface area (Å²) in [6, 6.07) is 19.9. The summed E-state index contributed by atoms with van der Waals surface area (Å²) in [5, 5.41) is 0.614. The van der Waals surface area contributed by atoms with Gasteiger partial charge in [-0.1, -0.05) is 36.4 Å². The van der Waals surface area contributed by atoms with Crippen molar-refractivity contribution in [3.05, 3.63) is 75.9 Å². The highest BCUT2D eigenvalue weighted by Crippen LogP contribution is 2.26. The van der Waals surface area contributed by atoms with E-state index in [1.807, 2.05) is 67.6 Å². The largest absolute Gasteiger partial charge is 0.305 e. The van der Waals surface area contributed by atoms with E-state index in [0.717, 1.165) is 21.5 Å². The van der Waals surface area contributed by atoms with Crippen LogP contribution in [0.15, 0.2) is 65.5 Å². The number of benzene rings is 2. The molecule has 4 aromatic rings. The molecular weight excluding hydrogens is 304 g/mol. The van der Waals surface area contributed by atoms with Crippen molar-refractivity contribution in [1.29, 1.82) is 0 Å². The number of rotatable bonds is 2. The van der Waals surface area contributed by atoms with Crippen LogP contribution in [0.25, 0.3) is 32.7 Å². The second-order valence-corrected chi connectivity index (χ2v) is 6.71. The maximum Gasteiger partial charge on any atom is 0.259 e. The Morgan fingerprint density at radius 1 is 0.957 bits per heavy atom. The van der Waals surface area contributed by atoms with Crippen molar-refractivity contribution in [2.45, 2.75) is 6.92 Å². The first-order valence-corrected chi connectivity index (χ1v) is 8.19. The smallest absolute Gasteiger partial charge is 0.259 e. The molecule has 4 heteroatoms. The predicted octanol–water partition coefficient (Wildman–Crippen LogP) is 4.63. The van der Waals surface area contributed by atoms with Crippen molar-refractivity contribution >= 4 is 22.2 Å². The Morgan fingerprint density at radius 2 is 1.78 bits per heavy atom. The van der Waals surface area contributed by atoms with Crippen LogP contribution in [0.1, 0.15) is 4.88 Å². The lowest BCUT2D eigenvalue weighted by Crippen LogP contribution is -2.09. The lowest BCUT2D eigenvalue weighted by molar-refractivity contribution is 1.19. The number of hydrogen-bond donors (Lipinski definition) is 1. The molecule has 0 aliphatic heterocycles. The molecule has 0 fully saturated rings. The van der Waals surface area contributed by atoms with Gasteiger partial charge in [-0.15, -0.1) is 11.3 Å². The minimum atomic E-state index is -0.103. The molecule has 2 heterocycles. The van der Waals surface area contributed by atoms with Crippen LogP contribution in [0.3, 0.4) is 0 Å². The Morgan fingerprint density at radius 3 is 2.52 bits per heavy atom. The Balaban J connectivity index is 1.88. The predicted molar refractivity (Wildman–Crippen MR) is 95.8 cm³/mol. The summed E-state index contributed by atoms with van der Waals surface area (Å²) in [5.41, 5.74) is 2.72. The Labute approximate surface area is 137 Å². The molecule has 1 N–H and O–H groups in total. The first-order chi connectivity index (χ1) is 11.2. The van der Waals surface area contributed by atoms with E-state index in [4.69, 9.17) is 0 Å². The third-order valence-electron chi connectivity index (χ3n) is 3.79. The molecule has 0 unspecified atom stereocenters. The number of H-pyrrole nitrogens is 1. The SMILES string of the molecule is Cc1ccc(-c2nc3ccc(-c4ccccc4)cc3c(=O)[nH]2)s1. The molecule has 0 amide bonds. The molecule has 0 saturated carbocycles. The third-order valence-corrected chi connectivity index (χ3v) is 4.79. The van der Waals surface area contributed by atoms with Crippen LogP contribution in [0, 0.1) is 6.92 Å². The maximum absolute atomic E-state index is 12.5.